The van der Waals surface area contributed by atoms with Gasteiger partial charge in [-0.05, 0) is 71.7 Å². The highest BCUT2D eigenvalue weighted by Crippen LogP contribution is 2.40. The molecule has 4 rings (SSSR count). The lowest BCUT2D eigenvalue weighted by Gasteiger charge is -2.49. The molecular weight excluding hydrogens is 478 g/mol. The van der Waals surface area contributed by atoms with Crippen molar-refractivity contribution in [1.82, 2.24) is 9.80 Å². The van der Waals surface area contributed by atoms with Crippen molar-refractivity contribution in [2.24, 2.45) is 5.73 Å². The number of rotatable bonds is 5. The van der Waals surface area contributed by atoms with E-state index >= 15 is 0 Å². The van der Waals surface area contributed by atoms with Crippen LogP contribution in [-0.4, -0.2) is 69.6 Å². The summed E-state index contributed by atoms with van der Waals surface area (Å²) in [5, 5.41) is 0. The summed E-state index contributed by atoms with van der Waals surface area (Å²) >= 11 is 0. The van der Waals surface area contributed by atoms with Gasteiger partial charge in [-0.15, -0.1) is 0 Å². The predicted octanol–water partition coefficient (Wildman–Crippen LogP) is 3.01. The van der Waals surface area contributed by atoms with E-state index in [1.807, 2.05) is 39.0 Å². The fourth-order valence-corrected chi connectivity index (χ4v) is 4.67. The minimum Gasteiger partial charge on any atom is -0.479 e. The largest absolute Gasteiger partial charge is 0.479 e. The Morgan fingerprint density at radius 1 is 1.08 bits per heavy atom. The van der Waals surface area contributed by atoms with Crippen molar-refractivity contribution in [2.45, 2.75) is 83.8 Å². The summed E-state index contributed by atoms with van der Waals surface area (Å²) in [5.74, 6) is -0.948. The van der Waals surface area contributed by atoms with Crippen LogP contribution in [0.15, 0.2) is 18.2 Å². The Bertz CT molecular complexity index is 1170. The molecule has 1 fully saturated rings. The predicted molar refractivity (Wildman–Crippen MR) is 135 cm³/mol. The lowest BCUT2D eigenvalue weighted by atomic mass is 9.89. The third-order valence-electron chi connectivity index (χ3n) is 6.26. The number of amides is 3. The van der Waals surface area contributed by atoms with Gasteiger partial charge in [-0.25, -0.2) is 4.79 Å². The maximum absolute atomic E-state index is 13.3. The van der Waals surface area contributed by atoms with Crippen molar-refractivity contribution in [3.05, 3.63) is 34.9 Å². The molecule has 3 aliphatic heterocycles. The van der Waals surface area contributed by atoms with E-state index in [2.05, 4.69) is 0 Å². The van der Waals surface area contributed by atoms with E-state index in [9.17, 15) is 19.2 Å². The Morgan fingerprint density at radius 3 is 2.32 bits per heavy atom. The van der Waals surface area contributed by atoms with Crippen molar-refractivity contribution < 1.29 is 33.4 Å². The average Bonchev–Trinajstić information content (AvgIpc) is 3.02. The van der Waals surface area contributed by atoms with E-state index in [0.717, 1.165) is 11.1 Å². The number of hydrogen-bond donors (Lipinski definition) is 1. The second-order valence-electron chi connectivity index (χ2n) is 11.9. The molecular formula is C27H35N3O7. The van der Waals surface area contributed by atoms with Crippen molar-refractivity contribution >= 4 is 30.0 Å². The number of nitrogens with two attached hydrogens (primary N) is 1. The number of ether oxygens (including phenoxy) is 3. The topological polar surface area (TPSA) is 128 Å². The summed E-state index contributed by atoms with van der Waals surface area (Å²) in [4.78, 5) is 53.0. The molecule has 3 amide bonds. The summed E-state index contributed by atoms with van der Waals surface area (Å²) in [6, 6.07) is 2.60. The van der Waals surface area contributed by atoms with Crippen LogP contribution in [0.3, 0.4) is 0 Å². The number of carbonyl (C=O) groups excluding carboxylic acids is 4. The van der Waals surface area contributed by atoms with Crippen LogP contribution in [0, 0.1) is 0 Å². The molecule has 1 spiro atoms. The van der Waals surface area contributed by atoms with Gasteiger partial charge in [0, 0.05) is 24.1 Å². The molecule has 0 aliphatic carbocycles. The first-order valence-electron chi connectivity index (χ1n) is 12.4. The minimum atomic E-state index is -0.943. The third kappa shape index (κ3) is 5.73. The first kappa shape index (κ1) is 26.5. The molecule has 2 N–H and O–H groups in total. The molecule has 3 heterocycles. The van der Waals surface area contributed by atoms with Crippen LogP contribution in [0.4, 0.5) is 4.79 Å². The Balaban J connectivity index is 1.44. The highest BCUT2D eigenvalue weighted by Gasteiger charge is 2.49. The molecule has 1 saturated heterocycles. The summed E-state index contributed by atoms with van der Waals surface area (Å²) in [6.45, 7) is 11.6. The molecule has 1 atom stereocenters. The van der Waals surface area contributed by atoms with Gasteiger partial charge in [-0.1, -0.05) is 6.08 Å². The van der Waals surface area contributed by atoms with Crippen molar-refractivity contribution in [3.63, 3.8) is 0 Å². The molecule has 0 saturated carbocycles. The molecule has 3 aliphatic rings. The van der Waals surface area contributed by atoms with Gasteiger partial charge in [-0.2, -0.15) is 0 Å². The number of fused-ring (bicyclic) bond motifs is 2. The second-order valence-corrected chi connectivity index (χ2v) is 11.9. The minimum absolute atomic E-state index is 0.0377. The molecule has 0 aromatic heterocycles. The lowest BCUT2D eigenvalue weighted by molar-refractivity contribution is -0.155. The fraction of sp³-hybridized carbons (Fsp3) is 0.556. The number of nitrogens with zero attached hydrogens (tertiary/aromatic N) is 2. The number of carbonyl (C=O) groups is 4. The zero-order valence-corrected chi connectivity index (χ0v) is 22.3. The van der Waals surface area contributed by atoms with Gasteiger partial charge >= 0.3 is 12.1 Å². The van der Waals surface area contributed by atoms with Gasteiger partial charge in [0.15, 0.2) is 5.60 Å². The lowest BCUT2D eigenvalue weighted by Crippen LogP contribution is -2.66. The van der Waals surface area contributed by atoms with Crippen LogP contribution in [0.5, 0.6) is 5.75 Å². The molecule has 37 heavy (non-hydrogen) atoms. The van der Waals surface area contributed by atoms with Gasteiger partial charge in [0.05, 0.1) is 13.1 Å². The number of esters is 1. The molecule has 200 valence electrons. The highest BCUT2D eigenvalue weighted by molar-refractivity contribution is 6.02. The Labute approximate surface area is 216 Å². The van der Waals surface area contributed by atoms with Crippen LogP contribution in [0.25, 0.3) is 6.08 Å². The van der Waals surface area contributed by atoms with Crippen LogP contribution in [0.2, 0.25) is 0 Å². The molecule has 10 heteroatoms. The molecule has 0 unspecified atom stereocenters. The van der Waals surface area contributed by atoms with Crippen molar-refractivity contribution in [1.29, 1.82) is 0 Å². The van der Waals surface area contributed by atoms with E-state index in [0.29, 0.717) is 24.4 Å². The van der Waals surface area contributed by atoms with Gasteiger partial charge in [0.25, 0.3) is 5.91 Å². The second kappa shape index (κ2) is 9.08. The smallest absolute Gasteiger partial charge is 0.410 e. The maximum Gasteiger partial charge on any atom is 0.410 e. The zero-order chi connectivity index (χ0) is 27.3. The summed E-state index contributed by atoms with van der Waals surface area (Å²) < 4.78 is 17.0. The fourth-order valence-electron chi connectivity index (χ4n) is 4.67. The van der Waals surface area contributed by atoms with Gasteiger partial charge in [0.2, 0.25) is 5.91 Å². The Kier molecular flexibility index (Phi) is 6.50. The molecule has 1 aromatic carbocycles. The SMILES string of the molecule is CC(C)(C)OC(=O)CC[C@@H](C(N)=O)N1Cc2cc3c(cc2C1=O)OC1(C=C3)CN(C(=O)OC(C)(C)C)C1. The molecule has 1 aromatic rings. The average molecular weight is 514 g/mol. The maximum atomic E-state index is 13.3. The van der Waals surface area contributed by atoms with E-state index in [1.165, 1.54) is 4.90 Å². The van der Waals surface area contributed by atoms with Crippen LogP contribution < -0.4 is 10.5 Å². The van der Waals surface area contributed by atoms with Gasteiger partial charge < -0.3 is 24.8 Å². The number of hydrogen-bond acceptors (Lipinski definition) is 7. The molecule has 10 nitrogen and oxygen atoms in total. The van der Waals surface area contributed by atoms with Crippen LogP contribution >= 0.6 is 0 Å². The monoisotopic (exact) mass is 513 g/mol. The van der Waals surface area contributed by atoms with Crippen LogP contribution in [-0.2, 0) is 25.6 Å². The van der Waals surface area contributed by atoms with Crippen molar-refractivity contribution in [3.8, 4) is 5.75 Å². The first-order valence-corrected chi connectivity index (χ1v) is 12.4. The zero-order valence-electron chi connectivity index (χ0n) is 22.3. The highest BCUT2D eigenvalue weighted by atomic mass is 16.6. The van der Waals surface area contributed by atoms with Gasteiger partial charge in [-0.3, -0.25) is 19.3 Å². The first-order chi connectivity index (χ1) is 17.1. The standard InChI is InChI=1S/C27H35N3O7/c1-25(2,3)36-21(31)8-7-19(22(28)32)30-13-17-11-16-9-10-27(35-20(16)12-18(17)23(30)33)14-29(15-27)24(34)37-26(4,5)6/h9-12,19H,7-8,13-15H2,1-6H3,(H2,28,32)/t19-/m0/s1. The van der Waals surface area contributed by atoms with E-state index in [-0.39, 0.29) is 25.3 Å². The summed E-state index contributed by atoms with van der Waals surface area (Å²) in [6.07, 6.45) is 3.48. The number of primary amides is 1. The van der Waals surface area contributed by atoms with E-state index in [1.54, 1.807) is 31.7 Å². The number of benzene rings is 1. The van der Waals surface area contributed by atoms with Crippen LogP contribution in [0.1, 0.15) is 75.9 Å². The third-order valence-corrected chi connectivity index (χ3v) is 6.26. The summed E-state index contributed by atoms with van der Waals surface area (Å²) in [5.41, 5.74) is 5.70. The quantitative estimate of drug-likeness (QED) is 0.599. The Hall–Kier alpha value is -3.56. The van der Waals surface area contributed by atoms with E-state index < -0.39 is 40.8 Å². The van der Waals surface area contributed by atoms with E-state index in [4.69, 9.17) is 19.9 Å². The normalized spacial score (nSPS) is 18.5. The molecule has 0 radical (unpaired) electrons. The van der Waals surface area contributed by atoms with Gasteiger partial charge in [0.1, 0.15) is 23.0 Å². The van der Waals surface area contributed by atoms with Crippen molar-refractivity contribution in [2.75, 3.05) is 13.1 Å². The summed E-state index contributed by atoms with van der Waals surface area (Å²) in [7, 11) is 0. The Morgan fingerprint density at radius 2 is 1.73 bits per heavy atom. The number of likely N-dealkylation sites (tertiary alicyclic amines) is 1. The molecule has 0 bridgehead atoms.